The number of amides is 1. The molecule has 0 bridgehead atoms. The highest BCUT2D eigenvalue weighted by atomic mass is 19.1. The molecule has 1 aromatic carbocycles. The van der Waals surface area contributed by atoms with Gasteiger partial charge in [-0.2, -0.15) is 5.10 Å². The lowest BCUT2D eigenvalue weighted by atomic mass is 10.1. The first-order valence-corrected chi connectivity index (χ1v) is 7.73. The molecule has 24 heavy (non-hydrogen) atoms. The van der Waals surface area contributed by atoms with E-state index in [1.807, 2.05) is 6.92 Å². The molecule has 3 aromatic rings. The number of fused-ring (bicyclic) bond motifs is 1. The molecule has 0 N–H and O–H groups in total. The van der Waals surface area contributed by atoms with Crippen molar-refractivity contribution in [2.45, 2.75) is 19.4 Å². The van der Waals surface area contributed by atoms with Crippen molar-refractivity contribution in [3.05, 3.63) is 48.7 Å². The molecule has 0 radical (unpaired) electrons. The monoisotopic (exact) mass is 326 g/mol. The maximum atomic E-state index is 14.6. The number of rotatable bonds is 3. The van der Waals surface area contributed by atoms with Crippen LogP contribution in [0.25, 0.3) is 16.8 Å². The average Bonchev–Trinajstić information content (AvgIpc) is 3.20. The first-order valence-electron chi connectivity index (χ1n) is 7.73. The minimum Gasteiger partial charge on any atom is -0.444 e. The van der Waals surface area contributed by atoms with E-state index in [1.165, 1.54) is 17.3 Å². The summed E-state index contributed by atoms with van der Waals surface area (Å²) in [7, 11) is 0. The Labute approximate surface area is 137 Å². The van der Waals surface area contributed by atoms with Gasteiger partial charge in [0.2, 0.25) is 0 Å². The van der Waals surface area contributed by atoms with Gasteiger partial charge in [-0.3, -0.25) is 4.90 Å². The Morgan fingerprint density at radius 3 is 2.96 bits per heavy atom. The fourth-order valence-electron chi connectivity index (χ4n) is 2.83. The summed E-state index contributed by atoms with van der Waals surface area (Å²) in [5.41, 5.74) is 2.32. The largest absolute Gasteiger partial charge is 0.444 e. The predicted octanol–water partition coefficient (Wildman–Crippen LogP) is 3.27. The molecule has 3 heterocycles. The quantitative estimate of drug-likeness (QED) is 0.741. The van der Waals surface area contributed by atoms with Gasteiger partial charge in [-0.1, -0.05) is 6.92 Å². The van der Waals surface area contributed by atoms with Gasteiger partial charge in [0, 0.05) is 17.3 Å². The Morgan fingerprint density at radius 2 is 2.21 bits per heavy atom. The molecule has 1 fully saturated rings. The molecule has 1 amide bonds. The molecule has 2 aromatic heterocycles. The number of hydrogen-bond donors (Lipinski definition) is 0. The summed E-state index contributed by atoms with van der Waals surface area (Å²) in [6, 6.07) is 8.32. The molecule has 0 unspecified atom stereocenters. The summed E-state index contributed by atoms with van der Waals surface area (Å²) in [5, 5.41) is 4.06. The number of hydrogen-bond acceptors (Lipinski definition) is 4. The van der Waals surface area contributed by atoms with E-state index >= 15 is 0 Å². The topological polar surface area (TPSA) is 59.7 Å². The average molecular weight is 326 g/mol. The highest BCUT2D eigenvalue weighted by Crippen LogP contribution is 2.29. The number of aromatic nitrogens is 3. The van der Waals surface area contributed by atoms with Crippen molar-refractivity contribution in [2.75, 3.05) is 11.4 Å². The molecule has 1 atom stereocenters. The lowest BCUT2D eigenvalue weighted by Gasteiger charge is -2.14. The number of anilines is 1. The van der Waals surface area contributed by atoms with Crippen LogP contribution in [0.3, 0.4) is 0 Å². The Kier molecular flexibility index (Phi) is 3.41. The van der Waals surface area contributed by atoms with Crippen LogP contribution < -0.4 is 4.90 Å². The molecule has 1 aliphatic rings. The van der Waals surface area contributed by atoms with Gasteiger partial charge in [0.25, 0.3) is 0 Å². The van der Waals surface area contributed by atoms with E-state index in [0.29, 0.717) is 29.0 Å². The summed E-state index contributed by atoms with van der Waals surface area (Å²) in [6.45, 7) is 2.39. The summed E-state index contributed by atoms with van der Waals surface area (Å²) in [6.07, 6.45) is 3.33. The smallest absolute Gasteiger partial charge is 0.414 e. The van der Waals surface area contributed by atoms with Gasteiger partial charge in [-0.15, -0.1) is 0 Å². The number of halogens is 1. The third-order valence-electron chi connectivity index (χ3n) is 4.18. The van der Waals surface area contributed by atoms with Crippen molar-refractivity contribution in [3.63, 3.8) is 0 Å². The molecule has 0 aliphatic carbocycles. The van der Waals surface area contributed by atoms with E-state index < -0.39 is 11.9 Å². The fourth-order valence-corrected chi connectivity index (χ4v) is 2.83. The van der Waals surface area contributed by atoms with Crippen LogP contribution >= 0.6 is 0 Å². The number of carbonyl (C=O) groups is 1. The number of cyclic esters (lactones) is 1. The summed E-state index contributed by atoms with van der Waals surface area (Å²) >= 11 is 0. The molecule has 122 valence electrons. The van der Waals surface area contributed by atoms with E-state index in [0.717, 1.165) is 6.42 Å². The molecule has 1 saturated heterocycles. The summed E-state index contributed by atoms with van der Waals surface area (Å²) < 4.78 is 21.4. The highest BCUT2D eigenvalue weighted by molar-refractivity contribution is 5.90. The zero-order valence-corrected chi connectivity index (χ0v) is 13.0. The van der Waals surface area contributed by atoms with Crippen LogP contribution in [0, 0.1) is 5.82 Å². The number of benzene rings is 1. The third kappa shape index (κ3) is 2.38. The molecule has 0 spiro atoms. The van der Waals surface area contributed by atoms with Gasteiger partial charge < -0.3 is 4.74 Å². The van der Waals surface area contributed by atoms with Gasteiger partial charge in [0.05, 0.1) is 12.2 Å². The zero-order valence-electron chi connectivity index (χ0n) is 13.0. The summed E-state index contributed by atoms with van der Waals surface area (Å²) in [4.78, 5) is 17.4. The van der Waals surface area contributed by atoms with Crippen molar-refractivity contribution in [2.24, 2.45) is 0 Å². The van der Waals surface area contributed by atoms with Gasteiger partial charge >= 0.3 is 6.09 Å². The number of ether oxygens (including phenoxy) is 1. The van der Waals surface area contributed by atoms with Gasteiger partial charge in [-0.25, -0.2) is 18.7 Å². The highest BCUT2D eigenvalue weighted by Gasteiger charge is 2.31. The van der Waals surface area contributed by atoms with E-state index in [1.54, 1.807) is 35.0 Å². The SMILES string of the molecule is CC[C@H]1CN(c2ccc(-c3ccc4ncnn4c3)c(F)c2)C(=O)O1. The summed E-state index contributed by atoms with van der Waals surface area (Å²) in [5.74, 6) is -0.403. The number of nitrogens with zero attached hydrogens (tertiary/aromatic N) is 4. The fraction of sp³-hybridized carbons (Fsp3) is 0.235. The van der Waals surface area contributed by atoms with Crippen LogP contribution in [0.4, 0.5) is 14.9 Å². The predicted molar refractivity (Wildman–Crippen MR) is 86.3 cm³/mol. The lowest BCUT2D eigenvalue weighted by Crippen LogP contribution is -2.24. The van der Waals surface area contributed by atoms with E-state index in [4.69, 9.17) is 4.74 Å². The van der Waals surface area contributed by atoms with Crippen LogP contribution in [0.1, 0.15) is 13.3 Å². The van der Waals surface area contributed by atoms with E-state index in [2.05, 4.69) is 10.1 Å². The standard InChI is InChI=1S/C17H15FN4O2/c1-2-13-9-21(17(23)24-13)12-4-5-14(15(18)7-12)11-3-6-16-19-10-20-22(16)8-11/h3-8,10,13H,2,9H2,1H3/t13-/m0/s1. The molecule has 7 heteroatoms. The zero-order chi connectivity index (χ0) is 16.7. The van der Waals surface area contributed by atoms with Crippen molar-refractivity contribution in [1.29, 1.82) is 0 Å². The first-order chi connectivity index (χ1) is 11.7. The second-order valence-corrected chi connectivity index (χ2v) is 5.67. The lowest BCUT2D eigenvalue weighted by molar-refractivity contribution is 0.139. The van der Waals surface area contributed by atoms with Crippen LogP contribution in [0.2, 0.25) is 0 Å². The second-order valence-electron chi connectivity index (χ2n) is 5.67. The Bertz CT molecular complexity index is 924. The molecule has 0 saturated carbocycles. The second kappa shape index (κ2) is 5.59. The van der Waals surface area contributed by atoms with Crippen molar-refractivity contribution >= 4 is 17.4 Å². The third-order valence-corrected chi connectivity index (χ3v) is 4.18. The van der Waals surface area contributed by atoms with Crippen LogP contribution in [-0.2, 0) is 4.74 Å². The first kappa shape index (κ1) is 14.6. The van der Waals surface area contributed by atoms with Crippen molar-refractivity contribution in [3.8, 4) is 11.1 Å². The van der Waals surface area contributed by atoms with Crippen LogP contribution in [-0.4, -0.2) is 33.3 Å². The van der Waals surface area contributed by atoms with E-state index in [-0.39, 0.29) is 6.10 Å². The van der Waals surface area contributed by atoms with E-state index in [9.17, 15) is 9.18 Å². The molecule has 6 nitrogen and oxygen atoms in total. The molecular formula is C17H15FN4O2. The minimum absolute atomic E-state index is 0.144. The Hall–Kier alpha value is -2.96. The van der Waals surface area contributed by atoms with Crippen molar-refractivity contribution in [1.82, 2.24) is 14.6 Å². The van der Waals surface area contributed by atoms with Gasteiger partial charge in [0.1, 0.15) is 18.2 Å². The van der Waals surface area contributed by atoms with Crippen molar-refractivity contribution < 1.29 is 13.9 Å². The molecule has 4 rings (SSSR count). The number of carbonyl (C=O) groups excluding carboxylic acids is 1. The Morgan fingerprint density at radius 1 is 1.33 bits per heavy atom. The van der Waals surface area contributed by atoms with Gasteiger partial charge in [0.15, 0.2) is 5.65 Å². The Balaban J connectivity index is 1.68. The maximum absolute atomic E-state index is 14.6. The normalized spacial score (nSPS) is 17.5. The van der Waals surface area contributed by atoms with Gasteiger partial charge in [-0.05, 0) is 36.8 Å². The minimum atomic E-state index is -0.432. The molecule has 1 aliphatic heterocycles. The molecular weight excluding hydrogens is 311 g/mol. The number of pyridine rings is 1. The van der Waals surface area contributed by atoms with Crippen LogP contribution in [0.5, 0.6) is 0 Å². The maximum Gasteiger partial charge on any atom is 0.414 e. The van der Waals surface area contributed by atoms with Crippen LogP contribution in [0.15, 0.2) is 42.9 Å².